The van der Waals surface area contributed by atoms with Crippen molar-refractivity contribution in [3.05, 3.63) is 34.0 Å². The van der Waals surface area contributed by atoms with E-state index in [1.165, 1.54) is 7.11 Å². The van der Waals surface area contributed by atoms with Gasteiger partial charge >= 0.3 is 5.84 Å². The van der Waals surface area contributed by atoms with Gasteiger partial charge in [0.15, 0.2) is 10.7 Å². The lowest BCUT2D eigenvalue weighted by molar-refractivity contribution is -0.355. The summed E-state index contributed by atoms with van der Waals surface area (Å²) in [6.07, 6.45) is -0.219. The zero-order valence-electron chi connectivity index (χ0n) is 9.36. The standard InChI is InChI=1S/C10H9N3O5/c1-17-6-2-3-7-8(12-18-9(7)4-6)5-10(11-14)13(15)16/h2-4,14H,5H2,1H3/b11-10-. The molecule has 0 radical (unpaired) electrons. The van der Waals surface area contributed by atoms with Gasteiger partial charge in [0.2, 0.25) is 0 Å². The van der Waals surface area contributed by atoms with E-state index in [4.69, 9.17) is 14.5 Å². The second-order valence-corrected chi connectivity index (χ2v) is 3.44. The molecule has 0 saturated carbocycles. The molecule has 1 heterocycles. The minimum absolute atomic E-state index is 0.219. The fourth-order valence-electron chi connectivity index (χ4n) is 1.51. The lowest BCUT2D eigenvalue weighted by Crippen LogP contribution is -2.15. The Balaban J connectivity index is 2.38. The predicted molar refractivity (Wildman–Crippen MR) is 60.5 cm³/mol. The molecule has 0 bridgehead atoms. The Morgan fingerprint density at radius 2 is 2.44 bits per heavy atom. The molecule has 0 spiro atoms. The lowest BCUT2D eigenvalue weighted by Gasteiger charge is -1.97. The Labute approximate surface area is 101 Å². The van der Waals surface area contributed by atoms with E-state index in [1.54, 1.807) is 18.2 Å². The molecule has 0 aliphatic carbocycles. The van der Waals surface area contributed by atoms with E-state index in [0.29, 0.717) is 22.4 Å². The minimum atomic E-state index is -0.774. The Morgan fingerprint density at radius 1 is 1.67 bits per heavy atom. The molecule has 0 aliphatic heterocycles. The highest BCUT2D eigenvalue weighted by atomic mass is 16.6. The number of nitro groups is 1. The van der Waals surface area contributed by atoms with E-state index in [2.05, 4.69) is 10.3 Å². The molecule has 1 aromatic heterocycles. The number of oxime groups is 1. The molecule has 2 aromatic rings. The maximum absolute atomic E-state index is 10.5. The summed E-state index contributed by atoms with van der Waals surface area (Å²) >= 11 is 0. The third-order valence-corrected chi connectivity index (χ3v) is 2.41. The van der Waals surface area contributed by atoms with Crippen LogP contribution in [-0.2, 0) is 6.42 Å². The van der Waals surface area contributed by atoms with Crippen LogP contribution in [0.2, 0.25) is 0 Å². The van der Waals surface area contributed by atoms with Crippen molar-refractivity contribution >= 4 is 16.8 Å². The number of hydrogen-bond acceptors (Lipinski definition) is 7. The van der Waals surface area contributed by atoms with Gasteiger partial charge in [0.05, 0.1) is 7.11 Å². The highest BCUT2D eigenvalue weighted by Gasteiger charge is 2.19. The Hall–Kier alpha value is -2.64. The van der Waals surface area contributed by atoms with Crippen molar-refractivity contribution in [1.82, 2.24) is 5.16 Å². The van der Waals surface area contributed by atoms with Crippen molar-refractivity contribution in [2.45, 2.75) is 6.42 Å². The third-order valence-electron chi connectivity index (χ3n) is 2.41. The molecule has 0 saturated heterocycles. The van der Waals surface area contributed by atoms with Gasteiger partial charge in [-0.15, -0.1) is 0 Å². The first-order chi connectivity index (χ1) is 8.65. The summed E-state index contributed by atoms with van der Waals surface area (Å²) in [4.78, 5) is 9.76. The van der Waals surface area contributed by atoms with E-state index in [0.717, 1.165) is 0 Å². The van der Waals surface area contributed by atoms with E-state index in [-0.39, 0.29) is 6.42 Å². The molecule has 1 N–H and O–H groups in total. The van der Waals surface area contributed by atoms with Crippen LogP contribution >= 0.6 is 0 Å². The second-order valence-electron chi connectivity index (χ2n) is 3.44. The van der Waals surface area contributed by atoms with Gasteiger partial charge in [0, 0.05) is 11.5 Å². The van der Waals surface area contributed by atoms with Gasteiger partial charge in [-0.2, -0.15) is 0 Å². The summed E-state index contributed by atoms with van der Waals surface area (Å²) in [5, 5.41) is 26.0. The van der Waals surface area contributed by atoms with Crippen molar-refractivity contribution in [3.63, 3.8) is 0 Å². The Bertz CT molecular complexity index is 619. The third kappa shape index (κ3) is 2.08. The zero-order valence-corrected chi connectivity index (χ0v) is 9.36. The molecule has 8 heteroatoms. The summed E-state index contributed by atoms with van der Waals surface area (Å²) in [7, 11) is 1.52. The minimum Gasteiger partial charge on any atom is -0.497 e. The average molecular weight is 251 g/mol. The first-order valence-corrected chi connectivity index (χ1v) is 4.93. The van der Waals surface area contributed by atoms with Crippen molar-refractivity contribution in [1.29, 1.82) is 0 Å². The molecule has 8 nitrogen and oxygen atoms in total. The van der Waals surface area contributed by atoms with E-state index < -0.39 is 10.8 Å². The van der Waals surface area contributed by atoms with Gasteiger partial charge in [-0.3, -0.25) is 0 Å². The number of benzene rings is 1. The molecule has 18 heavy (non-hydrogen) atoms. The zero-order chi connectivity index (χ0) is 13.1. The lowest BCUT2D eigenvalue weighted by atomic mass is 10.1. The van der Waals surface area contributed by atoms with Gasteiger partial charge in [-0.1, -0.05) is 5.16 Å². The molecule has 0 amide bonds. The number of methoxy groups -OCH3 is 1. The van der Waals surface area contributed by atoms with Crippen LogP contribution in [0.3, 0.4) is 0 Å². The van der Waals surface area contributed by atoms with Crippen LogP contribution < -0.4 is 4.74 Å². The summed E-state index contributed by atoms with van der Waals surface area (Å²) in [6.45, 7) is 0. The fourth-order valence-corrected chi connectivity index (χ4v) is 1.51. The molecular formula is C10H9N3O5. The number of amidine groups is 1. The largest absolute Gasteiger partial charge is 0.497 e. The van der Waals surface area contributed by atoms with Crippen LogP contribution in [0.4, 0.5) is 0 Å². The van der Waals surface area contributed by atoms with Gasteiger partial charge in [0.25, 0.3) is 0 Å². The fraction of sp³-hybridized carbons (Fsp3) is 0.200. The SMILES string of the molecule is COc1ccc2c(C/C(=N/O)[N+](=O)[O-])noc2c1. The molecule has 0 atom stereocenters. The normalized spacial score (nSPS) is 11.7. The number of hydrogen-bond donors (Lipinski definition) is 1. The van der Waals surface area contributed by atoms with Gasteiger partial charge in [-0.25, -0.2) is 0 Å². The predicted octanol–water partition coefficient (Wildman–Crippen LogP) is 1.44. The maximum Gasteiger partial charge on any atom is 0.391 e. The molecule has 1 aromatic carbocycles. The van der Waals surface area contributed by atoms with Crippen molar-refractivity contribution in [2.24, 2.45) is 5.16 Å². The van der Waals surface area contributed by atoms with E-state index in [9.17, 15) is 10.1 Å². The Kier molecular flexibility index (Phi) is 3.09. The summed E-state index contributed by atoms with van der Waals surface area (Å²) in [5.41, 5.74) is 0.780. The van der Waals surface area contributed by atoms with Crippen LogP contribution in [0.15, 0.2) is 27.9 Å². The Morgan fingerprint density at radius 3 is 3.06 bits per heavy atom. The molecule has 0 fully saturated rings. The van der Waals surface area contributed by atoms with Crippen LogP contribution in [0.1, 0.15) is 5.69 Å². The average Bonchev–Trinajstić information content (AvgIpc) is 2.77. The summed E-state index contributed by atoms with van der Waals surface area (Å²) in [5.74, 6) is -0.00320. The highest BCUT2D eigenvalue weighted by Crippen LogP contribution is 2.23. The van der Waals surface area contributed by atoms with Gasteiger partial charge < -0.3 is 24.6 Å². The number of nitrogens with zero attached hydrogens (tertiary/aromatic N) is 3. The summed E-state index contributed by atoms with van der Waals surface area (Å²) < 4.78 is 10.0. The van der Waals surface area contributed by atoms with Gasteiger partial charge in [0.1, 0.15) is 17.9 Å². The molecule has 0 unspecified atom stereocenters. The molecule has 2 rings (SSSR count). The van der Waals surface area contributed by atoms with Crippen molar-refractivity contribution in [3.8, 4) is 5.75 Å². The van der Waals surface area contributed by atoms with Gasteiger partial charge in [-0.05, 0) is 17.1 Å². The smallest absolute Gasteiger partial charge is 0.391 e. The van der Waals surface area contributed by atoms with Crippen LogP contribution in [0, 0.1) is 10.1 Å². The highest BCUT2D eigenvalue weighted by molar-refractivity contribution is 5.86. The first-order valence-electron chi connectivity index (χ1n) is 4.93. The number of ether oxygens (including phenoxy) is 1. The quantitative estimate of drug-likeness (QED) is 0.290. The van der Waals surface area contributed by atoms with E-state index >= 15 is 0 Å². The molecule has 94 valence electrons. The van der Waals surface area contributed by atoms with Crippen LogP contribution in [-0.4, -0.2) is 28.2 Å². The second kappa shape index (κ2) is 4.70. The topological polar surface area (TPSA) is 111 Å². The first kappa shape index (κ1) is 11.8. The maximum atomic E-state index is 10.5. The number of rotatable bonds is 3. The van der Waals surface area contributed by atoms with Crippen LogP contribution in [0.5, 0.6) is 5.75 Å². The van der Waals surface area contributed by atoms with E-state index in [1.807, 2.05) is 0 Å². The molecule has 0 aliphatic rings. The monoisotopic (exact) mass is 251 g/mol. The van der Waals surface area contributed by atoms with Crippen molar-refractivity contribution in [2.75, 3.05) is 7.11 Å². The summed E-state index contributed by atoms with van der Waals surface area (Å²) in [6, 6.07) is 4.98. The molecular weight excluding hydrogens is 242 g/mol. The number of aromatic nitrogens is 1. The van der Waals surface area contributed by atoms with Crippen molar-refractivity contribution < 1.29 is 19.4 Å². The van der Waals surface area contributed by atoms with Crippen LogP contribution in [0.25, 0.3) is 11.0 Å². The number of fused-ring (bicyclic) bond motifs is 1.